The summed E-state index contributed by atoms with van der Waals surface area (Å²) in [6, 6.07) is 5.26. The van der Waals surface area contributed by atoms with Crippen molar-refractivity contribution in [1.29, 1.82) is 0 Å². The summed E-state index contributed by atoms with van der Waals surface area (Å²) in [7, 11) is 0. The SMILES string of the molecule is O=C([O-])C1CCCN1c1nc(C(F)(F)F)nc2ccccc12. The fourth-order valence-electron chi connectivity index (χ4n) is 2.67. The summed E-state index contributed by atoms with van der Waals surface area (Å²) in [5.74, 6) is -2.59. The number of fused-ring (bicyclic) bond motifs is 1. The molecule has 1 unspecified atom stereocenters. The molecule has 1 aromatic carbocycles. The monoisotopic (exact) mass is 310 g/mol. The predicted molar refractivity (Wildman–Crippen MR) is 69.9 cm³/mol. The maximum atomic E-state index is 13.0. The standard InChI is InChI=1S/C14H12F3N3O2/c15-14(16,17)13-18-9-5-2-1-4-8(9)11(19-13)20-7-3-6-10(20)12(21)22/h1-2,4-5,10H,3,6-7H2,(H,21,22)/p-1. The number of benzene rings is 1. The fourth-order valence-corrected chi connectivity index (χ4v) is 2.67. The van der Waals surface area contributed by atoms with Crippen molar-refractivity contribution in [2.45, 2.75) is 25.1 Å². The molecule has 0 radical (unpaired) electrons. The largest absolute Gasteiger partial charge is 0.548 e. The number of nitrogens with zero attached hydrogens (tertiary/aromatic N) is 3. The van der Waals surface area contributed by atoms with Crippen LogP contribution in [0.1, 0.15) is 18.7 Å². The summed E-state index contributed by atoms with van der Waals surface area (Å²) in [5, 5.41) is 11.6. The van der Waals surface area contributed by atoms with Crippen molar-refractivity contribution >= 4 is 22.7 Å². The van der Waals surface area contributed by atoms with Gasteiger partial charge < -0.3 is 14.8 Å². The lowest BCUT2D eigenvalue weighted by Gasteiger charge is -2.27. The van der Waals surface area contributed by atoms with E-state index >= 15 is 0 Å². The normalized spacial score (nSPS) is 18.9. The third-order valence-electron chi connectivity index (χ3n) is 3.63. The molecule has 0 bridgehead atoms. The van der Waals surface area contributed by atoms with Gasteiger partial charge in [-0.05, 0) is 25.0 Å². The zero-order chi connectivity index (χ0) is 15.9. The van der Waals surface area contributed by atoms with E-state index < -0.39 is 24.0 Å². The number of para-hydroxylation sites is 1. The first kappa shape index (κ1) is 14.6. The predicted octanol–water partition coefficient (Wildman–Crippen LogP) is 1.37. The van der Waals surface area contributed by atoms with Crippen molar-refractivity contribution in [3.05, 3.63) is 30.1 Å². The number of hydrogen-bond acceptors (Lipinski definition) is 5. The van der Waals surface area contributed by atoms with E-state index in [2.05, 4.69) is 9.97 Å². The van der Waals surface area contributed by atoms with Gasteiger partial charge in [-0.1, -0.05) is 12.1 Å². The minimum absolute atomic E-state index is 0.00961. The van der Waals surface area contributed by atoms with Gasteiger partial charge in [0.05, 0.1) is 17.5 Å². The second kappa shape index (κ2) is 5.11. The first-order valence-electron chi connectivity index (χ1n) is 6.69. The summed E-state index contributed by atoms with van der Waals surface area (Å²) >= 11 is 0. The van der Waals surface area contributed by atoms with Gasteiger partial charge in [-0.3, -0.25) is 0 Å². The highest BCUT2D eigenvalue weighted by Crippen LogP contribution is 2.34. The van der Waals surface area contributed by atoms with Crippen LogP contribution in [-0.4, -0.2) is 28.5 Å². The van der Waals surface area contributed by atoms with Gasteiger partial charge in [0.1, 0.15) is 5.82 Å². The van der Waals surface area contributed by atoms with E-state index in [1.54, 1.807) is 18.2 Å². The number of anilines is 1. The molecular formula is C14H11F3N3O2-. The molecule has 3 rings (SSSR count). The van der Waals surface area contributed by atoms with Crippen molar-refractivity contribution < 1.29 is 23.1 Å². The Labute approximate surface area is 123 Å². The molecule has 116 valence electrons. The summed E-state index contributed by atoms with van der Waals surface area (Å²) in [6.45, 7) is 0.316. The van der Waals surface area contributed by atoms with Gasteiger partial charge in [0.15, 0.2) is 0 Å². The Bertz CT molecular complexity index is 733. The van der Waals surface area contributed by atoms with E-state index in [1.165, 1.54) is 11.0 Å². The van der Waals surface area contributed by atoms with Crippen molar-refractivity contribution in [3.8, 4) is 0 Å². The molecule has 0 spiro atoms. The van der Waals surface area contributed by atoms with Crippen LogP contribution in [0.15, 0.2) is 24.3 Å². The van der Waals surface area contributed by atoms with E-state index in [1.807, 2.05) is 0 Å². The number of alkyl halides is 3. The molecule has 1 saturated heterocycles. The average Bonchev–Trinajstić information content (AvgIpc) is 2.94. The summed E-state index contributed by atoms with van der Waals surface area (Å²) in [4.78, 5) is 19.6. The van der Waals surface area contributed by atoms with Gasteiger partial charge in [0.2, 0.25) is 5.82 Å². The van der Waals surface area contributed by atoms with Crippen molar-refractivity contribution in [1.82, 2.24) is 9.97 Å². The highest BCUT2D eigenvalue weighted by Gasteiger charge is 2.37. The fraction of sp³-hybridized carbons (Fsp3) is 0.357. The molecule has 1 aromatic heterocycles. The third kappa shape index (κ3) is 2.44. The van der Waals surface area contributed by atoms with Gasteiger partial charge in [-0.15, -0.1) is 0 Å². The van der Waals surface area contributed by atoms with Crippen molar-refractivity contribution in [2.24, 2.45) is 0 Å². The Morgan fingerprint density at radius 2 is 2.00 bits per heavy atom. The minimum atomic E-state index is -4.70. The lowest BCUT2D eigenvalue weighted by atomic mass is 10.2. The van der Waals surface area contributed by atoms with Crippen molar-refractivity contribution in [3.63, 3.8) is 0 Å². The third-order valence-corrected chi connectivity index (χ3v) is 3.63. The number of hydrogen-bond donors (Lipinski definition) is 0. The number of aromatic nitrogens is 2. The Kier molecular flexibility index (Phi) is 3.38. The number of rotatable bonds is 2. The van der Waals surface area contributed by atoms with Crippen LogP contribution in [0.3, 0.4) is 0 Å². The molecule has 2 aromatic rings. The second-order valence-corrected chi connectivity index (χ2v) is 5.06. The molecule has 0 aliphatic carbocycles. The topological polar surface area (TPSA) is 69.2 Å². The smallest absolute Gasteiger partial charge is 0.451 e. The Hall–Kier alpha value is -2.38. The van der Waals surface area contributed by atoms with E-state index in [9.17, 15) is 23.1 Å². The Balaban J connectivity index is 2.21. The minimum Gasteiger partial charge on any atom is -0.548 e. The molecule has 0 amide bonds. The van der Waals surface area contributed by atoms with Crippen LogP contribution in [0.4, 0.5) is 19.0 Å². The first-order chi connectivity index (χ1) is 10.4. The molecule has 1 atom stereocenters. The van der Waals surface area contributed by atoms with E-state index in [-0.39, 0.29) is 11.3 Å². The highest BCUT2D eigenvalue weighted by atomic mass is 19.4. The van der Waals surface area contributed by atoms with Gasteiger partial charge >= 0.3 is 6.18 Å². The molecule has 1 aliphatic heterocycles. The maximum absolute atomic E-state index is 13.0. The molecule has 8 heteroatoms. The van der Waals surface area contributed by atoms with Gasteiger partial charge in [-0.25, -0.2) is 9.97 Å². The summed E-state index contributed by atoms with van der Waals surface area (Å²) in [6.07, 6.45) is -3.82. The molecule has 1 aliphatic rings. The number of carboxylic acids is 1. The van der Waals surface area contributed by atoms with Crippen LogP contribution in [0, 0.1) is 0 Å². The van der Waals surface area contributed by atoms with Crippen LogP contribution in [-0.2, 0) is 11.0 Å². The highest BCUT2D eigenvalue weighted by molar-refractivity contribution is 5.91. The lowest BCUT2D eigenvalue weighted by molar-refractivity contribution is -0.307. The van der Waals surface area contributed by atoms with E-state index in [4.69, 9.17) is 0 Å². The maximum Gasteiger partial charge on any atom is 0.451 e. The Morgan fingerprint density at radius 1 is 1.27 bits per heavy atom. The van der Waals surface area contributed by atoms with Crippen LogP contribution in [0.2, 0.25) is 0 Å². The van der Waals surface area contributed by atoms with Crippen LogP contribution < -0.4 is 10.0 Å². The quantitative estimate of drug-likeness (QED) is 0.838. The van der Waals surface area contributed by atoms with Crippen molar-refractivity contribution in [2.75, 3.05) is 11.4 Å². The first-order valence-corrected chi connectivity index (χ1v) is 6.69. The second-order valence-electron chi connectivity index (χ2n) is 5.06. The number of aliphatic carboxylic acids is 1. The van der Waals surface area contributed by atoms with Crippen LogP contribution >= 0.6 is 0 Å². The zero-order valence-corrected chi connectivity index (χ0v) is 11.3. The molecule has 0 saturated carbocycles. The molecule has 22 heavy (non-hydrogen) atoms. The summed E-state index contributed by atoms with van der Waals surface area (Å²) in [5.41, 5.74) is 0.129. The number of carbonyl (C=O) groups is 1. The molecule has 2 heterocycles. The van der Waals surface area contributed by atoms with Gasteiger partial charge in [0.25, 0.3) is 0 Å². The van der Waals surface area contributed by atoms with Gasteiger partial charge in [0, 0.05) is 11.9 Å². The van der Waals surface area contributed by atoms with Crippen LogP contribution in [0.25, 0.3) is 10.9 Å². The summed E-state index contributed by atoms with van der Waals surface area (Å²) < 4.78 is 38.9. The van der Waals surface area contributed by atoms with Crippen LogP contribution in [0.5, 0.6) is 0 Å². The van der Waals surface area contributed by atoms with E-state index in [0.717, 1.165) is 0 Å². The van der Waals surface area contributed by atoms with Gasteiger partial charge in [-0.2, -0.15) is 13.2 Å². The molecule has 5 nitrogen and oxygen atoms in total. The number of carbonyl (C=O) groups excluding carboxylic acids is 1. The number of carboxylic acid groups (broad SMARTS) is 1. The number of halogens is 3. The average molecular weight is 310 g/mol. The molecule has 0 N–H and O–H groups in total. The molecule has 1 fully saturated rings. The molecular weight excluding hydrogens is 299 g/mol. The lowest BCUT2D eigenvalue weighted by Crippen LogP contribution is -2.45. The Morgan fingerprint density at radius 3 is 2.68 bits per heavy atom. The van der Waals surface area contributed by atoms with E-state index in [0.29, 0.717) is 24.8 Å². The zero-order valence-electron chi connectivity index (χ0n) is 11.3.